The van der Waals surface area contributed by atoms with Crippen LogP contribution in [0.25, 0.3) is 0 Å². The third kappa shape index (κ3) is 38.3. The van der Waals surface area contributed by atoms with Crippen LogP contribution in [0.3, 0.4) is 0 Å². The van der Waals surface area contributed by atoms with Crippen LogP contribution in [0.1, 0.15) is 194 Å². The van der Waals surface area contributed by atoms with Crippen molar-refractivity contribution in [2.75, 3.05) is 13.2 Å². The maximum atomic E-state index is 12.7. The first-order chi connectivity index (χ1) is 25.5. The van der Waals surface area contributed by atoms with Crippen molar-refractivity contribution < 1.29 is 28.6 Å². The monoisotopic (exact) mass is 727 g/mol. The van der Waals surface area contributed by atoms with Crippen molar-refractivity contribution in [1.82, 2.24) is 0 Å². The van der Waals surface area contributed by atoms with Gasteiger partial charge in [-0.15, -0.1) is 0 Å². The molecule has 1 atom stereocenters. The van der Waals surface area contributed by atoms with Gasteiger partial charge in [0, 0.05) is 19.3 Å². The molecular formula is C46H78O6. The van der Waals surface area contributed by atoms with E-state index in [2.05, 4.69) is 81.5 Å². The third-order valence-corrected chi connectivity index (χ3v) is 8.71. The van der Waals surface area contributed by atoms with E-state index < -0.39 is 6.10 Å². The van der Waals surface area contributed by atoms with Gasteiger partial charge in [0.1, 0.15) is 13.2 Å². The smallest absolute Gasteiger partial charge is 0.306 e. The van der Waals surface area contributed by atoms with Gasteiger partial charge in [-0.2, -0.15) is 0 Å². The van der Waals surface area contributed by atoms with Crippen LogP contribution in [0.5, 0.6) is 0 Å². The van der Waals surface area contributed by atoms with Crippen molar-refractivity contribution in [2.24, 2.45) is 0 Å². The average Bonchev–Trinajstić information content (AvgIpc) is 3.14. The molecule has 0 rings (SSSR count). The topological polar surface area (TPSA) is 78.9 Å². The van der Waals surface area contributed by atoms with E-state index in [1.165, 1.54) is 38.5 Å². The summed E-state index contributed by atoms with van der Waals surface area (Å²) < 4.78 is 16.6. The molecule has 52 heavy (non-hydrogen) atoms. The fourth-order valence-electron chi connectivity index (χ4n) is 5.50. The first-order valence-electron chi connectivity index (χ1n) is 21.3. The van der Waals surface area contributed by atoms with Crippen LogP contribution in [0, 0.1) is 0 Å². The fraction of sp³-hybridized carbons (Fsp3) is 0.717. The summed E-state index contributed by atoms with van der Waals surface area (Å²) in [6.07, 6.45) is 47.8. The molecule has 0 aromatic heterocycles. The largest absolute Gasteiger partial charge is 0.462 e. The van der Waals surface area contributed by atoms with E-state index in [4.69, 9.17) is 14.2 Å². The molecule has 6 nitrogen and oxygen atoms in total. The second kappa shape index (κ2) is 40.9. The highest BCUT2D eigenvalue weighted by Crippen LogP contribution is 2.12. The summed E-state index contributed by atoms with van der Waals surface area (Å²) in [6.45, 7) is 6.35. The Balaban J connectivity index is 4.45. The molecule has 0 aliphatic rings. The molecule has 0 spiro atoms. The van der Waals surface area contributed by atoms with Crippen LogP contribution in [-0.2, 0) is 28.6 Å². The second-order valence-corrected chi connectivity index (χ2v) is 13.9. The second-order valence-electron chi connectivity index (χ2n) is 13.9. The molecule has 0 N–H and O–H groups in total. The van der Waals surface area contributed by atoms with Gasteiger partial charge >= 0.3 is 17.9 Å². The van der Waals surface area contributed by atoms with E-state index >= 15 is 0 Å². The number of hydrogen-bond donors (Lipinski definition) is 0. The number of carbonyl (C=O) groups is 3. The van der Waals surface area contributed by atoms with Crippen LogP contribution >= 0.6 is 0 Å². The van der Waals surface area contributed by atoms with E-state index in [0.29, 0.717) is 19.3 Å². The van der Waals surface area contributed by atoms with Crippen molar-refractivity contribution in [2.45, 2.75) is 200 Å². The Morgan fingerprint density at radius 2 is 0.788 bits per heavy atom. The van der Waals surface area contributed by atoms with Gasteiger partial charge in [0.15, 0.2) is 6.10 Å². The highest BCUT2D eigenvalue weighted by molar-refractivity contribution is 5.71. The molecule has 0 bridgehead atoms. The van der Waals surface area contributed by atoms with E-state index in [0.717, 1.165) is 116 Å². The molecule has 0 fully saturated rings. The molecule has 1 unspecified atom stereocenters. The van der Waals surface area contributed by atoms with Gasteiger partial charge < -0.3 is 14.2 Å². The first-order valence-corrected chi connectivity index (χ1v) is 21.3. The van der Waals surface area contributed by atoms with E-state index in [1.54, 1.807) is 0 Å². The van der Waals surface area contributed by atoms with Gasteiger partial charge in [-0.3, -0.25) is 14.4 Å². The molecular weight excluding hydrogens is 648 g/mol. The van der Waals surface area contributed by atoms with Crippen LogP contribution in [-0.4, -0.2) is 37.2 Å². The lowest BCUT2D eigenvalue weighted by Crippen LogP contribution is -2.30. The number of hydrogen-bond acceptors (Lipinski definition) is 6. The van der Waals surface area contributed by atoms with E-state index in [-0.39, 0.29) is 31.1 Å². The maximum absolute atomic E-state index is 12.7. The van der Waals surface area contributed by atoms with E-state index in [1.807, 2.05) is 0 Å². The minimum absolute atomic E-state index is 0.0926. The maximum Gasteiger partial charge on any atom is 0.306 e. The summed E-state index contributed by atoms with van der Waals surface area (Å²) in [5, 5.41) is 0. The van der Waals surface area contributed by atoms with Crippen LogP contribution in [0.4, 0.5) is 0 Å². The van der Waals surface area contributed by atoms with Gasteiger partial charge in [0.2, 0.25) is 0 Å². The number of allylic oxidation sites excluding steroid dienone is 10. The summed E-state index contributed by atoms with van der Waals surface area (Å²) in [7, 11) is 0. The summed E-state index contributed by atoms with van der Waals surface area (Å²) in [5.41, 5.74) is 0. The number of rotatable bonds is 37. The molecule has 0 radical (unpaired) electrons. The first kappa shape index (κ1) is 49.1. The van der Waals surface area contributed by atoms with E-state index in [9.17, 15) is 14.4 Å². The third-order valence-electron chi connectivity index (χ3n) is 8.71. The van der Waals surface area contributed by atoms with Crippen LogP contribution in [0.15, 0.2) is 60.8 Å². The molecule has 0 saturated heterocycles. The van der Waals surface area contributed by atoms with Crippen LogP contribution < -0.4 is 0 Å². The number of unbranched alkanes of at least 4 members (excludes halogenated alkanes) is 16. The van der Waals surface area contributed by atoms with Gasteiger partial charge in [0.05, 0.1) is 0 Å². The lowest BCUT2D eigenvalue weighted by Gasteiger charge is -2.18. The predicted molar refractivity (Wildman–Crippen MR) is 219 cm³/mol. The van der Waals surface area contributed by atoms with Crippen LogP contribution in [0.2, 0.25) is 0 Å². The van der Waals surface area contributed by atoms with Crippen molar-refractivity contribution in [3.63, 3.8) is 0 Å². The molecule has 0 aromatic rings. The molecule has 0 aliphatic heterocycles. The SMILES string of the molecule is CC/C=C\C/C=C\C/C=C\CCCCCC(=O)OCC(COC(=O)CCCCCCC/C=C\CCC)OC(=O)CCCCCCC/C=C\CCCC. The van der Waals surface area contributed by atoms with Gasteiger partial charge in [-0.05, 0) is 89.9 Å². The Morgan fingerprint density at radius 3 is 1.29 bits per heavy atom. The zero-order valence-electron chi connectivity index (χ0n) is 33.8. The van der Waals surface area contributed by atoms with Crippen molar-refractivity contribution in [3.05, 3.63) is 60.8 Å². The number of ether oxygens (including phenoxy) is 3. The molecule has 6 heteroatoms. The summed E-state index contributed by atoms with van der Waals surface area (Å²) in [6, 6.07) is 0. The molecule has 298 valence electrons. The molecule has 0 aliphatic carbocycles. The van der Waals surface area contributed by atoms with Crippen molar-refractivity contribution >= 4 is 17.9 Å². The molecule has 0 amide bonds. The molecule has 0 heterocycles. The Hall–Kier alpha value is -2.89. The minimum Gasteiger partial charge on any atom is -0.462 e. The molecule has 0 aromatic carbocycles. The zero-order chi connectivity index (χ0) is 38.0. The molecule has 0 saturated carbocycles. The average molecular weight is 727 g/mol. The quantitative estimate of drug-likeness (QED) is 0.0274. The lowest BCUT2D eigenvalue weighted by molar-refractivity contribution is -0.167. The summed E-state index contributed by atoms with van der Waals surface area (Å²) in [4.78, 5) is 37.6. The predicted octanol–water partition coefficient (Wildman–Crippen LogP) is 13.4. The van der Waals surface area contributed by atoms with Crippen molar-refractivity contribution in [1.29, 1.82) is 0 Å². The highest BCUT2D eigenvalue weighted by atomic mass is 16.6. The van der Waals surface area contributed by atoms with Gasteiger partial charge in [-0.25, -0.2) is 0 Å². The zero-order valence-corrected chi connectivity index (χ0v) is 33.8. The van der Waals surface area contributed by atoms with Gasteiger partial charge in [0.25, 0.3) is 0 Å². The standard InChI is InChI=1S/C46H78O6/c1-4-7-10-13-16-19-22-23-25-27-30-33-36-39-45(48)51-42-43(41-50-44(47)38-35-32-29-26-21-18-15-12-9-6-3)52-46(49)40-37-34-31-28-24-20-17-14-11-8-5-2/h7,10,12,14-17,19,23,25,43H,4-6,8-9,11,13,18,20-22,24,26-42H2,1-3H3/b10-7-,15-12-,17-14-,19-16-,25-23-. The van der Waals surface area contributed by atoms with Crippen molar-refractivity contribution in [3.8, 4) is 0 Å². The Labute approximate surface area is 320 Å². The lowest BCUT2D eigenvalue weighted by atomic mass is 10.1. The normalized spacial score (nSPS) is 12.6. The highest BCUT2D eigenvalue weighted by Gasteiger charge is 2.19. The van der Waals surface area contributed by atoms with Gasteiger partial charge in [-0.1, -0.05) is 146 Å². The number of carbonyl (C=O) groups excluding carboxylic acids is 3. The fourth-order valence-corrected chi connectivity index (χ4v) is 5.50. The number of esters is 3. The minimum atomic E-state index is -0.789. The Kier molecular flexibility index (Phi) is 38.6. The Morgan fingerprint density at radius 1 is 0.404 bits per heavy atom. The Bertz CT molecular complexity index is 975. The summed E-state index contributed by atoms with van der Waals surface area (Å²) >= 11 is 0. The summed E-state index contributed by atoms with van der Waals surface area (Å²) in [5.74, 6) is -0.951.